The van der Waals surface area contributed by atoms with Crippen molar-refractivity contribution in [3.63, 3.8) is 0 Å². The van der Waals surface area contributed by atoms with Crippen LogP contribution in [0.15, 0.2) is 36.5 Å². The van der Waals surface area contributed by atoms with Crippen molar-refractivity contribution in [2.24, 2.45) is 5.92 Å². The SMILES string of the molecule is CN1C[C@H](C(=O)N2CCCCC2)C=C2c3cccc4ccn(c34)CC21. The Balaban J connectivity index is 1.55. The second kappa shape index (κ2) is 5.73. The molecule has 0 bridgehead atoms. The normalized spacial score (nSPS) is 26.4. The predicted molar refractivity (Wildman–Crippen MR) is 100 cm³/mol. The van der Waals surface area contributed by atoms with E-state index in [0.29, 0.717) is 11.9 Å². The minimum Gasteiger partial charge on any atom is -0.345 e. The molecule has 1 aromatic carbocycles. The molecular weight excluding hydrogens is 310 g/mol. The van der Waals surface area contributed by atoms with E-state index in [1.54, 1.807) is 0 Å². The third-order valence-corrected chi connectivity index (χ3v) is 6.21. The van der Waals surface area contributed by atoms with E-state index in [0.717, 1.165) is 39.0 Å². The van der Waals surface area contributed by atoms with Crippen LogP contribution in [0.3, 0.4) is 0 Å². The fraction of sp³-hybridized carbons (Fsp3) is 0.476. The molecule has 1 amide bonds. The lowest BCUT2D eigenvalue weighted by Crippen LogP contribution is -2.49. The van der Waals surface area contributed by atoms with Crippen molar-refractivity contribution in [2.45, 2.75) is 31.8 Å². The van der Waals surface area contributed by atoms with Gasteiger partial charge in [0, 0.05) is 43.3 Å². The van der Waals surface area contributed by atoms with Gasteiger partial charge in [0.2, 0.25) is 5.91 Å². The second-order valence-electron chi connectivity index (χ2n) is 7.78. The summed E-state index contributed by atoms with van der Waals surface area (Å²) in [4.78, 5) is 17.5. The zero-order chi connectivity index (χ0) is 17.0. The van der Waals surface area contributed by atoms with Gasteiger partial charge in [0.25, 0.3) is 0 Å². The van der Waals surface area contributed by atoms with Gasteiger partial charge in [-0.2, -0.15) is 0 Å². The number of likely N-dealkylation sites (tertiary alicyclic amines) is 1. The highest BCUT2D eigenvalue weighted by atomic mass is 16.2. The molecule has 4 heterocycles. The number of fused-ring (bicyclic) bond motifs is 2. The van der Waals surface area contributed by atoms with E-state index in [2.05, 4.69) is 58.0 Å². The fourth-order valence-corrected chi connectivity index (χ4v) is 4.89. The quantitative estimate of drug-likeness (QED) is 0.801. The summed E-state index contributed by atoms with van der Waals surface area (Å²) in [6, 6.07) is 9.11. The van der Waals surface area contributed by atoms with Crippen molar-refractivity contribution in [2.75, 3.05) is 26.7 Å². The third kappa shape index (κ3) is 2.35. The lowest BCUT2D eigenvalue weighted by molar-refractivity contribution is -0.135. The summed E-state index contributed by atoms with van der Waals surface area (Å²) in [5.41, 5.74) is 3.98. The van der Waals surface area contributed by atoms with Gasteiger partial charge in [-0.1, -0.05) is 24.3 Å². The molecule has 2 atom stereocenters. The van der Waals surface area contributed by atoms with Gasteiger partial charge in [0.1, 0.15) is 0 Å². The maximum Gasteiger partial charge on any atom is 0.230 e. The van der Waals surface area contributed by atoms with Gasteiger partial charge in [0.05, 0.1) is 17.5 Å². The Morgan fingerprint density at radius 2 is 1.92 bits per heavy atom. The molecule has 0 saturated carbocycles. The van der Waals surface area contributed by atoms with Crippen molar-refractivity contribution < 1.29 is 4.79 Å². The van der Waals surface area contributed by atoms with Gasteiger partial charge in [0.15, 0.2) is 0 Å². The van der Waals surface area contributed by atoms with Crippen LogP contribution in [0.2, 0.25) is 0 Å². The summed E-state index contributed by atoms with van der Waals surface area (Å²) in [5.74, 6) is 0.316. The highest BCUT2D eigenvalue weighted by Crippen LogP contribution is 2.38. The smallest absolute Gasteiger partial charge is 0.230 e. The number of nitrogens with zero attached hydrogens (tertiary/aromatic N) is 3. The number of carbonyl (C=O) groups is 1. The van der Waals surface area contributed by atoms with Crippen LogP contribution in [0.5, 0.6) is 0 Å². The van der Waals surface area contributed by atoms with E-state index in [1.807, 2.05) is 0 Å². The highest BCUT2D eigenvalue weighted by molar-refractivity contribution is 5.96. The van der Waals surface area contributed by atoms with Crippen molar-refractivity contribution in [3.05, 3.63) is 42.1 Å². The van der Waals surface area contributed by atoms with Gasteiger partial charge in [-0.3, -0.25) is 9.69 Å². The summed E-state index contributed by atoms with van der Waals surface area (Å²) in [6.07, 6.45) is 8.05. The molecule has 1 aromatic heterocycles. The van der Waals surface area contributed by atoms with Crippen molar-refractivity contribution >= 4 is 22.4 Å². The Bertz CT molecular complexity index is 859. The average molecular weight is 335 g/mol. The first kappa shape index (κ1) is 15.2. The maximum absolute atomic E-state index is 13.1. The van der Waals surface area contributed by atoms with Gasteiger partial charge in [-0.25, -0.2) is 0 Å². The van der Waals surface area contributed by atoms with Crippen LogP contribution in [0.1, 0.15) is 24.8 Å². The molecule has 1 saturated heterocycles. The van der Waals surface area contributed by atoms with E-state index in [-0.39, 0.29) is 5.92 Å². The molecule has 130 valence electrons. The molecule has 0 radical (unpaired) electrons. The first-order chi connectivity index (χ1) is 12.2. The lowest BCUT2D eigenvalue weighted by Gasteiger charge is -2.41. The summed E-state index contributed by atoms with van der Waals surface area (Å²) in [6.45, 7) is 3.68. The Labute approximate surface area is 148 Å². The number of aromatic nitrogens is 1. The topological polar surface area (TPSA) is 28.5 Å². The number of hydrogen-bond acceptors (Lipinski definition) is 2. The number of hydrogen-bond donors (Lipinski definition) is 0. The third-order valence-electron chi connectivity index (χ3n) is 6.21. The number of rotatable bonds is 1. The number of benzene rings is 1. The lowest BCUT2D eigenvalue weighted by atomic mass is 9.85. The second-order valence-corrected chi connectivity index (χ2v) is 7.78. The number of para-hydroxylation sites is 1. The largest absolute Gasteiger partial charge is 0.345 e. The molecule has 0 spiro atoms. The summed E-state index contributed by atoms with van der Waals surface area (Å²) < 4.78 is 2.37. The minimum absolute atomic E-state index is 0.00822. The van der Waals surface area contributed by atoms with Gasteiger partial charge in [-0.15, -0.1) is 0 Å². The van der Waals surface area contributed by atoms with Crippen molar-refractivity contribution in [3.8, 4) is 0 Å². The summed E-state index contributed by atoms with van der Waals surface area (Å²) >= 11 is 0. The van der Waals surface area contributed by atoms with Crippen molar-refractivity contribution in [1.29, 1.82) is 0 Å². The Hall–Kier alpha value is -2.07. The average Bonchev–Trinajstić information content (AvgIpc) is 3.07. The predicted octanol–water partition coefficient (Wildman–Crippen LogP) is 2.98. The van der Waals surface area contributed by atoms with Crippen LogP contribution in [-0.4, -0.2) is 53.0 Å². The zero-order valence-corrected chi connectivity index (χ0v) is 14.8. The molecule has 3 aliphatic rings. The molecule has 4 nitrogen and oxygen atoms in total. The van der Waals surface area contributed by atoms with Gasteiger partial charge >= 0.3 is 0 Å². The van der Waals surface area contributed by atoms with E-state index in [4.69, 9.17) is 0 Å². The van der Waals surface area contributed by atoms with Crippen LogP contribution in [0.4, 0.5) is 0 Å². The number of piperidine rings is 1. The number of likely N-dealkylation sites (N-methyl/N-ethyl adjacent to an activating group) is 1. The van der Waals surface area contributed by atoms with E-state index in [1.165, 1.54) is 28.5 Å². The van der Waals surface area contributed by atoms with Crippen molar-refractivity contribution in [1.82, 2.24) is 14.4 Å². The van der Waals surface area contributed by atoms with Crippen LogP contribution in [-0.2, 0) is 11.3 Å². The monoisotopic (exact) mass is 335 g/mol. The fourth-order valence-electron chi connectivity index (χ4n) is 4.89. The van der Waals surface area contributed by atoms with E-state index >= 15 is 0 Å². The van der Waals surface area contributed by atoms with E-state index < -0.39 is 0 Å². The van der Waals surface area contributed by atoms with Crippen LogP contribution in [0, 0.1) is 5.92 Å². The number of carbonyl (C=O) groups excluding carboxylic acids is 1. The summed E-state index contributed by atoms with van der Waals surface area (Å²) in [7, 11) is 2.17. The molecule has 0 N–H and O–H groups in total. The Morgan fingerprint density at radius 3 is 2.76 bits per heavy atom. The maximum atomic E-state index is 13.1. The molecule has 5 rings (SSSR count). The first-order valence-corrected chi connectivity index (χ1v) is 9.51. The van der Waals surface area contributed by atoms with Crippen LogP contribution < -0.4 is 0 Å². The minimum atomic E-state index is -0.00822. The standard InChI is InChI=1S/C21H25N3O/c1-22-13-16(21(25)23-9-3-2-4-10-23)12-18-17-7-5-6-15-8-11-24(20(15)17)14-19(18)22/h5-8,11-12,16,19H,2-4,9-10,13-14H2,1H3/t16-,19?/m1/s1. The molecule has 25 heavy (non-hydrogen) atoms. The van der Waals surface area contributed by atoms with Gasteiger partial charge < -0.3 is 9.47 Å². The van der Waals surface area contributed by atoms with Crippen LogP contribution >= 0.6 is 0 Å². The molecule has 2 aromatic rings. The Kier molecular flexibility index (Phi) is 3.49. The van der Waals surface area contributed by atoms with Crippen LogP contribution in [0.25, 0.3) is 16.5 Å². The van der Waals surface area contributed by atoms with E-state index in [9.17, 15) is 4.79 Å². The molecule has 0 aliphatic carbocycles. The Morgan fingerprint density at radius 1 is 1.08 bits per heavy atom. The van der Waals surface area contributed by atoms with Gasteiger partial charge in [-0.05, 0) is 37.9 Å². The summed E-state index contributed by atoms with van der Waals surface area (Å²) in [5, 5.41) is 1.30. The molecular formula is C21H25N3O. The zero-order valence-electron chi connectivity index (χ0n) is 14.8. The molecule has 4 heteroatoms. The molecule has 1 unspecified atom stereocenters. The highest BCUT2D eigenvalue weighted by Gasteiger charge is 2.36. The number of amides is 1. The first-order valence-electron chi connectivity index (χ1n) is 9.51. The molecule has 3 aliphatic heterocycles. The molecule has 1 fully saturated rings.